The van der Waals surface area contributed by atoms with Gasteiger partial charge in [0.1, 0.15) is 5.82 Å². The van der Waals surface area contributed by atoms with Gasteiger partial charge in [-0.05, 0) is 25.5 Å². The Kier molecular flexibility index (Phi) is 6.87. The number of ether oxygens (including phenoxy) is 1. The number of nitrogens with zero attached hydrogens (tertiary/aromatic N) is 3. The third kappa shape index (κ3) is 5.90. The highest BCUT2D eigenvalue weighted by molar-refractivity contribution is 5.74. The Morgan fingerprint density at radius 2 is 2.22 bits per heavy atom. The molecule has 0 bridgehead atoms. The summed E-state index contributed by atoms with van der Waals surface area (Å²) in [6.07, 6.45) is 2.74. The van der Waals surface area contributed by atoms with E-state index in [4.69, 9.17) is 4.74 Å². The maximum atomic E-state index is 12.2. The number of carbonyl (C=O) groups is 1. The minimum absolute atomic E-state index is 0.0215. The van der Waals surface area contributed by atoms with Gasteiger partial charge in [-0.3, -0.25) is 0 Å². The van der Waals surface area contributed by atoms with Gasteiger partial charge >= 0.3 is 6.03 Å². The van der Waals surface area contributed by atoms with Gasteiger partial charge in [0.05, 0.1) is 13.2 Å². The molecule has 1 N–H and O–H groups in total. The fraction of sp³-hybridized carbons (Fsp3) is 0.529. The van der Waals surface area contributed by atoms with Crippen LogP contribution in [-0.2, 0) is 4.74 Å². The van der Waals surface area contributed by atoms with E-state index in [1.54, 1.807) is 6.20 Å². The van der Waals surface area contributed by atoms with E-state index in [0.717, 1.165) is 37.4 Å². The normalized spacial score (nSPS) is 15.2. The number of nitrogens with one attached hydrogen (secondary N) is 1. The molecule has 1 aromatic rings. The van der Waals surface area contributed by atoms with Crippen molar-refractivity contribution in [3.8, 4) is 0 Å². The number of hydrogen-bond donors (Lipinski definition) is 1. The monoisotopic (exact) mass is 318 g/mol. The van der Waals surface area contributed by atoms with Crippen molar-refractivity contribution in [1.29, 1.82) is 0 Å². The highest BCUT2D eigenvalue weighted by atomic mass is 16.5. The second-order valence-electron chi connectivity index (χ2n) is 5.76. The lowest BCUT2D eigenvalue weighted by molar-refractivity contribution is 0.153. The summed E-state index contributed by atoms with van der Waals surface area (Å²) in [6.45, 7) is 10.5. The quantitative estimate of drug-likeness (QED) is 0.643. The third-order valence-corrected chi connectivity index (χ3v) is 3.63. The average Bonchev–Trinajstić information content (AvgIpc) is 2.81. The minimum Gasteiger partial charge on any atom is -0.375 e. The molecular weight excluding hydrogens is 292 g/mol. The largest absolute Gasteiger partial charge is 0.375 e. The number of hydrogen-bond acceptors (Lipinski definition) is 4. The van der Waals surface area contributed by atoms with Gasteiger partial charge in [0.2, 0.25) is 0 Å². The molecule has 23 heavy (non-hydrogen) atoms. The summed E-state index contributed by atoms with van der Waals surface area (Å²) in [5.41, 5.74) is 0.985. The molecular formula is C17H26N4O2. The van der Waals surface area contributed by atoms with Gasteiger partial charge in [-0.1, -0.05) is 18.2 Å². The number of rotatable bonds is 6. The SMILES string of the molecule is C=C(C)COCCNC(=O)N1CCCN(c2ccccn2)CC1. The molecule has 0 aliphatic carbocycles. The number of amides is 2. The fourth-order valence-electron chi connectivity index (χ4n) is 2.48. The predicted octanol–water partition coefficient (Wildman–Crippen LogP) is 1.90. The van der Waals surface area contributed by atoms with Crippen molar-refractivity contribution >= 4 is 11.8 Å². The highest BCUT2D eigenvalue weighted by Gasteiger charge is 2.19. The third-order valence-electron chi connectivity index (χ3n) is 3.63. The molecule has 1 aliphatic rings. The summed E-state index contributed by atoms with van der Waals surface area (Å²) >= 11 is 0. The molecule has 0 radical (unpaired) electrons. The molecule has 0 aromatic carbocycles. The summed E-state index contributed by atoms with van der Waals surface area (Å²) in [5.74, 6) is 0.975. The van der Waals surface area contributed by atoms with Crippen molar-refractivity contribution < 1.29 is 9.53 Å². The van der Waals surface area contributed by atoms with Crippen LogP contribution in [0.5, 0.6) is 0 Å². The van der Waals surface area contributed by atoms with Crippen molar-refractivity contribution in [2.75, 3.05) is 50.8 Å². The molecule has 0 saturated carbocycles. The smallest absolute Gasteiger partial charge is 0.317 e. The van der Waals surface area contributed by atoms with Gasteiger partial charge in [-0.25, -0.2) is 9.78 Å². The Morgan fingerprint density at radius 3 is 2.96 bits per heavy atom. The van der Waals surface area contributed by atoms with Crippen LogP contribution >= 0.6 is 0 Å². The molecule has 6 nitrogen and oxygen atoms in total. The van der Waals surface area contributed by atoms with Crippen LogP contribution in [0.1, 0.15) is 13.3 Å². The van der Waals surface area contributed by atoms with Crippen molar-refractivity contribution in [2.24, 2.45) is 0 Å². The second kappa shape index (κ2) is 9.15. The molecule has 0 unspecified atom stereocenters. The molecule has 0 spiro atoms. The molecule has 0 atom stereocenters. The highest BCUT2D eigenvalue weighted by Crippen LogP contribution is 2.12. The topological polar surface area (TPSA) is 57.7 Å². The van der Waals surface area contributed by atoms with Crippen LogP contribution in [0, 0.1) is 0 Å². The molecule has 1 saturated heterocycles. The Morgan fingerprint density at radius 1 is 1.35 bits per heavy atom. The zero-order chi connectivity index (χ0) is 16.5. The average molecular weight is 318 g/mol. The van der Waals surface area contributed by atoms with E-state index in [0.29, 0.717) is 26.3 Å². The first kappa shape index (κ1) is 17.3. The maximum Gasteiger partial charge on any atom is 0.317 e. The van der Waals surface area contributed by atoms with E-state index in [-0.39, 0.29) is 6.03 Å². The predicted molar refractivity (Wildman–Crippen MR) is 91.7 cm³/mol. The van der Waals surface area contributed by atoms with Crippen molar-refractivity contribution in [3.63, 3.8) is 0 Å². The van der Waals surface area contributed by atoms with Gasteiger partial charge in [0.25, 0.3) is 0 Å². The minimum atomic E-state index is -0.0215. The van der Waals surface area contributed by atoms with Crippen LogP contribution in [0.15, 0.2) is 36.5 Å². The first-order valence-corrected chi connectivity index (χ1v) is 8.07. The molecule has 1 aromatic heterocycles. The zero-order valence-corrected chi connectivity index (χ0v) is 13.8. The van der Waals surface area contributed by atoms with Gasteiger partial charge < -0.3 is 19.9 Å². The molecule has 2 heterocycles. The van der Waals surface area contributed by atoms with E-state index in [1.807, 2.05) is 30.0 Å². The lowest BCUT2D eigenvalue weighted by atomic mass is 10.3. The van der Waals surface area contributed by atoms with Crippen LogP contribution in [0.4, 0.5) is 10.6 Å². The Bertz CT molecular complexity index is 507. The van der Waals surface area contributed by atoms with E-state index >= 15 is 0 Å². The van der Waals surface area contributed by atoms with E-state index in [2.05, 4.69) is 21.8 Å². The van der Waals surface area contributed by atoms with E-state index in [1.165, 1.54) is 0 Å². The first-order chi connectivity index (χ1) is 11.2. The number of carbonyl (C=O) groups excluding carboxylic acids is 1. The summed E-state index contributed by atoms with van der Waals surface area (Å²) < 4.78 is 5.38. The lowest BCUT2D eigenvalue weighted by Crippen LogP contribution is -2.43. The summed E-state index contributed by atoms with van der Waals surface area (Å²) in [4.78, 5) is 20.7. The van der Waals surface area contributed by atoms with Crippen LogP contribution < -0.4 is 10.2 Å². The number of urea groups is 1. The standard InChI is InChI=1S/C17H26N4O2/c1-15(2)14-23-13-8-19-17(22)21-10-5-9-20(11-12-21)16-6-3-4-7-18-16/h3-4,6-7H,1,5,8-14H2,2H3,(H,19,22). The van der Waals surface area contributed by atoms with Crippen molar-refractivity contribution in [2.45, 2.75) is 13.3 Å². The fourth-order valence-corrected chi connectivity index (χ4v) is 2.48. The van der Waals surface area contributed by atoms with Crippen molar-refractivity contribution in [1.82, 2.24) is 15.2 Å². The Hall–Kier alpha value is -2.08. The zero-order valence-electron chi connectivity index (χ0n) is 13.8. The molecule has 126 valence electrons. The van der Waals surface area contributed by atoms with Crippen LogP contribution in [0.25, 0.3) is 0 Å². The number of pyridine rings is 1. The summed E-state index contributed by atoms with van der Waals surface area (Å²) in [6, 6.07) is 5.89. The van der Waals surface area contributed by atoms with Gasteiger partial charge in [0, 0.05) is 38.9 Å². The van der Waals surface area contributed by atoms with E-state index < -0.39 is 0 Å². The first-order valence-electron chi connectivity index (χ1n) is 8.07. The Labute approximate surface area is 138 Å². The molecule has 2 rings (SSSR count). The number of anilines is 1. The Balaban J connectivity index is 1.72. The van der Waals surface area contributed by atoms with Crippen LogP contribution in [-0.4, -0.2) is 61.9 Å². The number of aromatic nitrogens is 1. The van der Waals surface area contributed by atoms with Crippen molar-refractivity contribution in [3.05, 3.63) is 36.5 Å². The van der Waals surface area contributed by atoms with Gasteiger partial charge in [-0.15, -0.1) is 0 Å². The van der Waals surface area contributed by atoms with Gasteiger partial charge in [0.15, 0.2) is 0 Å². The molecule has 1 aliphatic heterocycles. The van der Waals surface area contributed by atoms with Crippen LogP contribution in [0.2, 0.25) is 0 Å². The molecule has 2 amide bonds. The van der Waals surface area contributed by atoms with Crippen LogP contribution in [0.3, 0.4) is 0 Å². The second-order valence-corrected chi connectivity index (χ2v) is 5.76. The molecule has 1 fully saturated rings. The summed E-state index contributed by atoms with van der Waals surface area (Å²) in [7, 11) is 0. The molecule has 6 heteroatoms. The summed E-state index contributed by atoms with van der Waals surface area (Å²) in [5, 5.41) is 2.91. The maximum absolute atomic E-state index is 12.2. The van der Waals surface area contributed by atoms with Gasteiger partial charge in [-0.2, -0.15) is 0 Å². The lowest BCUT2D eigenvalue weighted by Gasteiger charge is -2.23. The van der Waals surface area contributed by atoms with E-state index in [9.17, 15) is 4.79 Å².